The molecule has 8 nitrogen and oxygen atoms in total. The second-order valence-corrected chi connectivity index (χ2v) is 11.6. The molecule has 1 N–H and O–H groups in total. The smallest absolute Gasteiger partial charge is 0.295 e. The molecular formula is C38H38N2O6. The van der Waals surface area contributed by atoms with Crippen molar-refractivity contribution >= 4 is 17.4 Å². The van der Waals surface area contributed by atoms with Crippen molar-refractivity contribution in [3.05, 3.63) is 131 Å². The van der Waals surface area contributed by atoms with Gasteiger partial charge in [0.25, 0.3) is 11.7 Å². The lowest BCUT2D eigenvalue weighted by Gasteiger charge is -2.29. The zero-order chi connectivity index (χ0) is 31.9. The number of hydrogen-bond donors (Lipinski definition) is 1. The summed E-state index contributed by atoms with van der Waals surface area (Å²) in [7, 11) is 0. The number of aliphatic hydroxyl groups excluding tert-OH is 1. The number of hydrogen-bond acceptors (Lipinski definition) is 7. The van der Waals surface area contributed by atoms with E-state index >= 15 is 0 Å². The van der Waals surface area contributed by atoms with Crippen molar-refractivity contribution in [3.63, 3.8) is 0 Å². The first-order valence-corrected chi connectivity index (χ1v) is 15.7. The number of Topliss-reactive ketones (excluding diaryl/α,β-unsaturated/α-hetero) is 1. The van der Waals surface area contributed by atoms with E-state index in [1.54, 1.807) is 29.2 Å². The van der Waals surface area contributed by atoms with Crippen LogP contribution in [0, 0.1) is 6.92 Å². The van der Waals surface area contributed by atoms with Crippen LogP contribution in [0.3, 0.4) is 0 Å². The number of benzene rings is 4. The van der Waals surface area contributed by atoms with Gasteiger partial charge in [-0.2, -0.15) is 0 Å². The third-order valence-electron chi connectivity index (χ3n) is 8.29. The Labute approximate surface area is 269 Å². The average molecular weight is 619 g/mol. The monoisotopic (exact) mass is 618 g/mol. The van der Waals surface area contributed by atoms with Crippen LogP contribution in [0.15, 0.2) is 109 Å². The molecule has 0 aliphatic carbocycles. The van der Waals surface area contributed by atoms with Crippen molar-refractivity contribution in [1.29, 1.82) is 0 Å². The highest BCUT2D eigenvalue weighted by Crippen LogP contribution is 2.41. The summed E-state index contributed by atoms with van der Waals surface area (Å²) in [6.45, 7) is 6.64. The predicted molar refractivity (Wildman–Crippen MR) is 176 cm³/mol. The van der Waals surface area contributed by atoms with Crippen LogP contribution in [0.4, 0.5) is 0 Å². The number of nitrogens with zero attached hydrogens (tertiary/aromatic N) is 2. The Kier molecular flexibility index (Phi) is 9.76. The van der Waals surface area contributed by atoms with E-state index in [9.17, 15) is 14.7 Å². The lowest BCUT2D eigenvalue weighted by atomic mass is 9.95. The topological polar surface area (TPSA) is 88.5 Å². The van der Waals surface area contributed by atoms with Gasteiger partial charge in [-0.3, -0.25) is 14.5 Å². The molecule has 1 unspecified atom stereocenters. The van der Waals surface area contributed by atoms with E-state index in [0.29, 0.717) is 61.2 Å². The number of likely N-dealkylation sites (tertiary alicyclic amines) is 1. The molecule has 236 valence electrons. The summed E-state index contributed by atoms with van der Waals surface area (Å²) in [5, 5.41) is 11.6. The molecule has 1 atom stereocenters. The van der Waals surface area contributed by atoms with Crippen LogP contribution in [0.1, 0.15) is 34.7 Å². The van der Waals surface area contributed by atoms with Gasteiger partial charge in [-0.25, -0.2) is 0 Å². The van der Waals surface area contributed by atoms with E-state index in [1.807, 2.05) is 79.7 Å². The number of amides is 1. The molecule has 0 radical (unpaired) electrons. The van der Waals surface area contributed by atoms with Gasteiger partial charge in [0.2, 0.25) is 0 Å². The molecule has 2 fully saturated rings. The van der Waals surface area contributed by atoms with Crippen molar-refractivity contribution in [1.82, 2.24) is 9.80 Å². The first-order chi connectivity index (χ1) is 22.5. The molecule has 2 heterocycles. The Hall–Kier alpha value is -4.92. The van der Waals surface area contributed by atoms with Crippen molar-refractivity contribution in [2.75, 3.05) is 39.4 Å². The van der Waals surface area contributed by atoms with E-state index in [0.717, 1.165) is 30.8 Å². The summed E-state index contributed by atoms with van der Waals surface area (Å²) in [6, 6.07) is 31.0. The third kappa shape index (κ3) is 7.30. The molecule has 0 aromatic heterocycles. The van der Waals surface area contributed by atoms with Crippen molar-refractivity contribution in [2.24, 2.45) is 0 Å². The fourth-order valence-corrected chi connectivity index (χ4v) is 5.95. The minimum atomic E-state index is -0.777. The largest absolute Gasteiger partial charge is 0.507 e. The number of ether oxygens (including phenoxy) is 3. The number of aliphatic hydroxyl groups is 1. The maximum absolute atomic E-state index is 13.6. The molecule has 6 rings (SSSR count). The normalized spacial score (nSPS) is 18.1. The van der Waals surface area contributed by atoms with Gasteiger partial charge in [-0.1, -0.05) is 60.2 Å². The van der Waals surface area contributed by atoms with E-state index in [2.05, 4.69) is 11.0 Å². The van der Waals surface area contributed by atoms with Gasteiger partial charge in [0.15, 0.2) is 0 Å². The van der Waals surface area contributed by atoms with Crippen LogP contribution < -0.4 is 9.47 Å². The number of para-hydroxylation sites is 1. The van der Waals surface area contributed by atoms with Crippen molar-refractivity contribution < 1.29 is 28.9 Å². The third-order valence-corrected chi connectivity index (χ3v) is 8.29. The summed E-state index contributed by atoms with van der Waals surface area (Å²) in [6.07, 6.45) is 0.677. The highest BCUT2D eigenvalue weighted by Gasteiger charge is 2.46. The molecule has 2 aliphatic heterocycles. The van der Waals surface area contributed by atoms with Gasteiger partial charge >= 0.3 is 0 Å². The molecular weight excluding hydrogens is 580 g/mol. The Morgan fingerprint density at radius 3 is 2.33 bits per heavy atom. The number of aryl methyl sites for hydroxylation is 1. The van der Waals surface area contributed by atoms with Gasteiger partial charge in [-0.05, 0) is 73.0 Å². The van der Waals surface area contributed by atoms with Gasteiger partial charge in [0.05, 0.1) is 24.8 Å². The molecule has 1 amide bonds. The summed E-state index contributed by atoms with van der Waals surface area (Å²) < 4.78 is 17.5. The van der Waals surface area contributed by atoms with E-state index in [1.165, 1.54) is 0 Å². The maximum atomic E-state index is 13.6. The van der Waals surface area contributed by atoms with E-state index < -0.39 is 17.7 Å². The number of ketones is 1. The quantitative estimate of drug-likeness (QED) is 0.116. The van der Waals surface area contributed by atoms with Crippen LogP contribution in [-0.4, -0.2) is 66.0 Å². The molecule has 4 aromatic carbocycles. The molecule has 8 heteroatoms. The number of carbonyl (C=O) groups excluding carboxylic acids is 2. The first-order valence-electron chi connectivity index (χ1n) is 15.7. The zero-order valence-electron chi connectivity index (χ0n) is 25.9. The lowest BCUT2D eigenvalue weighted by molar-refractivity contribution is -0.140. The van der Waals surface area contributed by atoms with E-state index in [4.69, 9.17) is 14.2 Å². The molecule has 0 saturated carbocycles. The van der Waals surface area contributed by atoms with Gasteiger partial charge in [0, 0.05) is 31.7 Å². The number of carbonyl (C=O) groups is 2. The molecule has 2 aliphatic rings. The van der Waals surface area contributed by atoms with Crippen LogP contribution in [0.25, 0.3) is 5.76 Å². The molecule has 2 saturated heterocycles. The number of rotatable bonds is 11. The Bertz CT molecular complexity index is 1700. The van der Waals surface area contributed by atoms with E-state index in [-0.39, 0.29) is 11.3 Å². The highest BCUT2D eigenvalue weighted by molar-refractivity contribution is 6.46. The summed E-state index contributed by atoms with van der Waals surface area (Å²) in [5.41, 5.74) is 3.38. The van der Waals surface area contributed by atoms with Crippen LogP contribution in [0.2, 0.25) is 0 Å². The first kappa shape index (κ1) is 31.1. The summed E-state index contributed by atoms with van der Waals surface area (Å²) in [4.78, 5) is 31.0. The molecule has 46 heavy (non-hydrogen) atoms. The Morgan fingerprint density at radius 2 is 1.57 bits per heavy atom. The lowest BCUT2D eigenvalue weighted by Crippen LogP contribution is -2.38. The second kappa shape index (κ2) is 14.5. The van der Waals surface area contributed by atoms with Crippen molar-refractivity contribution in [3.8, 4) is 17.2 Å². The molecule has 0 spiro atoms. The average Bonchev–Trinajstić information content (AvgIpc) is 3.33. The molecule has 4 aromatic rings. The fraction of sp³-hybridized carbons (Fsp3) is 0.263. The maximum Gasteiger partial charge on any atom is 0.295 e. The van der Waals surface area contributed by atoms with Crippen LogP contribution in [0.5, 0.6) is 17.2 Å². The van der Waals surface area contributed by atoms with Gasteiger partial charge < -0.3 is 24.2 Å². The SMILES string of the molecule is Cc1cccc(COc2ccc(C(O)=C3C(=O)C(=O)N(CCCN4CCOCC4)C3c3cccc(Oc4ccccc4)c3)cc2)c1. The Balaban J connectivity index is 1.28. The molecule has 0 bridgehead atoms. The minimum absolute atomic E-state index is 0.0571. The van der Waals surface area contributed by atoms with Crippen LogP contribution in [-0.2, 0) is 20.9 Å². The van der Waals surface area contributed by atoms with Crippen LogP contribution >= 0.6 is 0 Å². The minimum Gasteiger partial charge on any atom is -0.507 e. The Morgan fingerprint density at radius 1 is 0.826 bits per heavy atom. The zero-order valence-corrected chi connectivity index (χ0v) is 25.9. The van der Waals surface area contributed by atoms with Crippen molar-refractivity contribution in [2.45, 2.75) is 26.0 Å². The standard InChI is InChI=1S/C38H38N2O6/c1-27-8-5-9-28(24-27)26-45-31-16-14-29(15-17-31)36(41)34-35(30-10-6-13-33(25-30)46-32-11-3-2-4-12-32)40(38(43)37(34)42)19-7-18-39-20-22-44-23-21-39/h2-6,8-17,24-25,35,41H,7,18-23,26H2,1H3. The summed E-state index contributed by atoms with van der Waals surface area (Å²) in [5.74, 6) is 0.313. The fourth-order valence-electron chi connectivity index (χ4n) is 5.95. The predicted octanol–water partition coefficient (Wildman–Crippen LogP) is 6.51. The summed E-state index contributed by atoms with van der Waals surface area (Å²) >= 11 is 0. The number of morpholine rings is 1. The van der Waals surface area contributed by atoms with Gasteiger partial charge in [-0.15, -0.1) is 0 Å². The highest BCUT2D eigenvalue weighted by atomic mass is 16.5. The van der Waals surface area contributed by atoms with Gasteiger partial charge in [0.1, 0.15) is 29.6 Å². The second-order valence-electron chi connectivity index (χ2n) is 11.6.